The smallest absolute Gasteiger partial charge is 0.312 e. The molecule has 1 aliphatic rings. The second kappa shape index (κ2) is 4.41. The SMILES string of the molecule is CNC(=O)C(=O)N1CC(C)OC(C)C1. The van der Waals surface area contributed by atoms with Crippen molar-refractivity contribution < 1.29 is 14.3 Å². The second-order valence-corrected chi connectivity index (χ2v) is 3.55. The van der Waals surface area contributed by atoms with Gasteiger partial charge in [0.05, 0.1) is 12.2 Å². The molecule has 0 saturated carbocycles. The minimum absolute atomic E-state index is 0.00708. The Morgan fingerprint density at radius 1 is 1.29 bits per heavy atom. The number of likely N-dealkylation sites (N-methyl/N-ethyl adjacent to an activating group) is 1. The molecule has 0 aromatic heterocycles. The lowest BCUT2D eigenvalue weighted by atomic mass is 10.2. The molecule has 0 aromatic rings. The van der Waals surface area contributed by atoms with Crippen molar-refractivity contribution in [2.75, 3.05) is 20.1 Å². The van der Waals surface area contributed by atoms with Crippen LogP contribution >= 0.6 is 0 Å². The van der Waals surface area contributed by atoms with Gasteiger partial charge < -0.3 is 15.0 Å². The zero-order valence-electron chi connectivity index (χ0n) is 8.74. The fourth-order valence-corrected chi connectivity index (χ4v) is 1.59. The van der Waals surface area contributed by atoms with Crippen molar-refractivity contribution in [3.05, 3.63) is 0 Å². The van der Waals surface area contributed by atoms with E-state index < -0.39 is 11.8 Å². The van der Waals surface area contributed by atoms with Crippen LogP contribution in [0.15, 0.2) is 0 Å². The van der Waals surface area contributed by atoms with E-state index in [0.29, 0.717) is 13.1 Å². The molecule has 0 bridgehead atoms. The number of rotatable bonds is 0. The second-order valence-electron chi connectivity index (χ2n) is 3.55. The van der Waals surface area contributed by atoms with Gasteiger partial charge in [0.15, 0.2) is 0 Å². The molecule has 1 rings (SSSR count). The van der Waals surface area contributed by atoms with Gasteiger partial charge in [0.25, 0.3) is 0 Å². The highest BCUT2D eigenvalue weighted by Gasteiger charge is 2.28. The summed E-state index contributed by atoms with van der Waals surface area (Å²) in [6.45, 7) is 4.74. The number of ether oxygens (including phenoxy) is 1. The topological polar surface area (TPSA) is 58.6 Å². The van der Waals surface area contributed by atoms with Gasteiger partial charge >= 0.3 is 11.8 Å². The molecule has 0 radical (unpaired) electrons. The number of carbonyl (C=O) groups is 2. The van der Waals surface area contributed by atoms with Crippen LogP contribution in [0.25, 0.3) is 0 Å². The van der Waals surface area contributed by atoms with Crippen molar-refractivity contribution in [2.24, 2.45) is 0 Å². The molecular formula is C9H16N2O3. The summed E-state index contributed by atoms with van der Waals surface area (Å²) < 4.78 is 5.45. The van der Waals surface area contributed by atoms with Crippen molar-refractivity contribution >= 4 is 11.8 Å². The summed E-state index contributed by atoms with van der Waals surface area (Å²) in [7, 11) is 1.45. The van der Waals surface area contributed by atoms with Crippen LogP contribution in [0.3, 0.4) is 0 Å². The first-order valence-corrected chi connectivity index (χ1v) is 4.71. The van der Waals surface area contributed by atoms with Crippen molar-refractivity contribution in [1.82, 2.24) is 10.2 Å². The Kier molecular flexibility index (Phi) is 3.46. The molecule has 80 valence electrons. The third kappa shape index (κ3) is 2.45. The fourth-order valence-electron chi connectivity index (χ4n) is 1.59. The van der Waals surface area contributed by atoms with Gasteiger partial charge in [-0.15, -0.1) is 0 Å². The predicted molar refractivity (Wildman–Crippen MR) is 50.7 cm³/mol. The van der Waals surface area contributed by atoms with Crippen molar-refractivity contribution in [2.45, 2.75) is 26.1 Å². The third-order valence-electron chi connectivity index (χ3n) is 2.13. The highest BCUT2D eigenvalue weighted by atomic mass is 16.5. The highest BCUT2D eigenvalue weighted by Crippen LogP contribution is 2.10. The molecule has 2 unspecified atom stereocenters. The molecule has 14 heavy (non-hydrogen) atoms. The van der Waals surface area contributed by atoms with E-state index in [9.17, 15) is 9.59 Å². The van der Waals surface area contributed by atoms with Gasteiger partial charge in [0.2, 0.25) is 0 Å². The molecule has 5 heteroatoms. The van der Waals surface area contributed by atoms with Crippen LogP contribution in [-0.4, -0.2) is 49.1 Å². The quantitative estimate of drug-likeness (QED) is 0.530. The predicted octanol–water partition coefficient (Wildman–Crippen LogP) is -0.632. The first-order chi connectivity index (χ1) is 6.54. The van der Waals surface area contributed by atoms with Crippen LogP contribution in [0.4, 0.5) is 0 Å². The lowest BCUT2D eigenvalue weighted by Gasteiger charge is -2.34. The molecule has 0 spiro atoms. The molecule has 0 aliphatic carbocycles. The number of nitrogens with zero attached hydrogens (tertiary/aromatic N) is 1. The summed E-state index contributed by atoms with van der Waals surface area (Å²) in [5, 5.41) is 2.32. The molecule has 1 saturated heterocycles. The highest BCUT2D eigenvalue weighted by molar-refractivity contribution is 6.34. The van der Waals surface area contributed by atoms with Gasteiger partial charge in [-0.25, -0.2) is 0 Å². The molecule has 5 nitrogen and oxygen atoms in total. The standard InChI is InChI=1S/C9H16N2O3/c1-6-4-11(5-7(2)14-6)9(13)8(12)10-3/h6-7H,4-5H2,1-3H3,(H,10,12). The molecule has 1 N–H and O–H groups in total. The van der Waals surface area contributed by atoms with Crippen LogP contribution in [0.1, 0.15) is 13.8 Å². The fraction of sp³-hybridized carbons (Fsp3) is 0.778. The van der Waals surface area contributed by atoms with E-state index in [1.807, 2.05) is 13.8 Å². The van der Waals surface area contributed by atoms with E-state index in [1.54, 1.807) is 0 Å². The van der Waals surface area contributed by atoms with E-state index in [1.165, 1.54) is 11.9 Å². The number of nitrogens with one attached hydrogen (secondary N) is 1. The van der Waals surface area contributed by atoms with Crippen LogP contribution in [0.5, 0.6) is 0 Å². The summed E-state index contributed by atoms with van der Waals surface area (Å²) in [4.78, 5) is 24.1. The average molecular weight is 200 g/mol. The molecule has 2 atom stereocenters. The van der Waals surface area contributed by atoms with Gasteiger partial charge in [-0.3, -0.25) is 9.59 Å². The maximum Gasteiger partial charge on any atom is 0.312 e. The summed E-state index contributed by atoms with van der Waals surface area (Å²) in [6.07, 6.45) is -0.0142. The Balaban J connectivity index is 2.59. The lowest BCUT2D eigenvalue weighted by molar-refractivity contribution is -0.153. The zero-order chi connectivity index (χ0) is 10.7. The normalized spacial score (nSPS) is 27.2. The van der Waals surface area contributed by atoms with Crippen LogP contribution in [-0.2, 0) is 14.3 Å². The molecular weight excluding hydrogens is 184 g/mol. The molecule has 0 aromatic carbocycles. The average Bonchev–Trinajstić information content (AvgIpc) is 2.14. The lowest BCUT2D eigenvalue weighted by Crippen LogP contribution is -2.52. The monoisotopic (exact) mass is 200 g/mol. The number of carbonyl (C=O) groups excluding carboxylic acids is 2. The minimum Gasteiger partial charge on any atom is -0.372 e. The summed E-state index contributed by atoms with van der Waals surface area (Å²) in [5.41, 5.74) is 0. The molecule has 2 amide bonds. The Morgan fingerprint density at radius 2 is 1.79 bits per heavy atom. The summed E-state index contributed by atoms with van der Waals surface area (Å²) >= 11 is 0. The van der Waals surface area contributed by atoms with Crippen molar-refractivity contribution in [3.63, 3.8) is 0 Å². The van der Waals surface area contributed by atoms with E-state index in [2.05, 4.69) is 5.32 Å². The molecule has 1 aliphatic heterocycles. The Morgan fingerprint density at radius 3 is 2.21 bits per heavy atom. The number of morpholine rings is 1. The first-order valence-electron chi connectivity index (χ1n) is 4.71. The Hall–Kier alpha value is -1.10. The molecule has 1 fully saturated rings. The van der Waals surface area contributed by atoms with Gasteiger partial charge in [0, 0.05) is 20.1 Å². The van der Waals surface area contributed by atoms with Crippen LogP contribution in [0.2, 0.25) is 0 Å². The summed E-state index contributed by atoms with van der Waals surface area (Å²) in [6, 6.07) is 0. The number of hydrogen-bond donors (Lipinski definition) is 1. The Labute approximate surface area is 83.4 Å². The number of amides is 2. The van der Waals surface area contributed by atoms with E-state index in [0.717, 1.165) is 0 Å². The third-order valence-corrected chi connectivity index (χ3v) is 2.13. The van der Waals surface area contributed by atoms with Crippen LogP contribution in [0, 0.1) is 0 Å². The van der Waals surface area contributed by atoms with Crippen molar-refractivity contribution in [3.8, 4) is 0 Å². The van der Waals surface area contributed by atoms with Gasteiger partial charge in [0.1, 0.15) is 0 Å². The summed E-state index contributed by atoms with van der Waals surface area (Å²) in [5.74, 6) is -1.04. The van der Waals surface area contributed by atoms with Gasteiger partial charge in [-0.05, 0) is 13.8 Å². The van der Waals surface area contributed by atoms with E-state index in [4.69, 9.17) is 4.74 Å². The van der Waals surface area contributed by atoms with Gasteiger partial charge in [-0.1, -0.05) is 0 Å². The van der Waals surface area contributed by atoms with Gasteiger partial charge in [-0.2, -0.15) is 0 Å². The van der Waals surface area contributed by atoms with E-state index in [-0.39, 0.29) is 12.2 Å². The maximum absolute atomic E-state index is 11.5. The number of hydrogen-bond acceptors (Lipinski definition) is 3. The van der Waals surface area contributed by atoms with Crippen molar-refractivity contribution in [1.29, 1.82) is 0 Å². The zero-order valence-corrected chi connectivity index (χ0v) is 8.74. The Bertz CT molecular complexity index is 232. The largest absolute Gasteiger partial charge is 0.372 e. The minimum atomic E-state index is -0.564. The maximum atomic E-state index is 11.5. The van der Waals surface area contributed by atoms with E-state index >= 15 is 0 Å². The molecule has 1 heterocycles. The first kappa shape index (κ1) is 11.0. The van der Waals surface area contributed by atoms with Crippen LogP contribution < -0.4 is 5.32 Å².